The number of nitrogens with zero attached hydrogens (tertiary/aromatic N) is 1. The molecule has 0 aliphatic rings. The number of rotatable bonds is 8. The first-order valence-electron chi connectivity index (χ1n) is 11.0. The first kappa shape index (κ1) is 23.5. The van der Waals surface area contributed by atoms with E-state index >= 15 is 0 Å². The van der Waals surface area contributed by atoms with Crippen LogP contribution in [0, 0.1) is 5.82 Å². The lowest BCUT2D eigenvalue weighted by atomic mass is 10.0. The lowest BCUT2D eigenvalue weighted by molar-refractivity contribution is 0.0954. The van der Waals surface area contributed by atoms with Gasteiger partial charge in [-0.15, -0.1) is 11.8 Å². The van der Waals surface area contributed by atoms with Gasteiger partial charge in [0.05, 0.1) is 11.4 Å². The Morgan fingerprint density at radius 2 is 1.53 bits per heavy atom. The Morgan fingerprint density at radius 1 is 0.853 bits per heavy atom. The van der Waals surface area contributed by atoms with Gasteiger partial charge in [0, 0.05) is 28.1 Å². The second kappa shape index (κ2) is 11.4. The van der Waals surface area contributed by atoms with E-state index in [2.05, 4.69) is 5.32 Å². The van der Waals surface area contributed by atoms with Crippen LogP contribution in [0.3, 0.4) is 0 Å². The third-order valence-electron chi connectivity index (χ3n) is 5.39. The summed E-state index contributed by atoms with van der Waals surface area (Å²) in [5.74, 6) is -0.502. The molecule has 170 valence electrons. The lowest BCUT2D eigenvalue weighted by Gasteiger charge is -2.12. The highest BCUT2D eigenvalue weighted by molar-refractivity contribution is 7.98. The molecular weight excluding hydrogens is 443 g/mol. The number of amides is 1. The summed E-state index contributed by atoms with van der Waals surface area (Å²) in [6.45, 7) is 0.538. The average molecular weight is 469 g/mol. The maximum atomic E-state index is 14.7. The first-order valence-corrected chi connectivity index (χ1v) is 12.3. The van der Waals surface area contributed by atoms with Gasteiger partial charge >= 0.3 is 0 Å². The van der Waals surface area contributed by atoms with Crippen molar-refractivity contribution in [3.8, 4) is 0 Å². The largest absolute Gasteiger partial charge is 0.352 e. The average Bonchev–Trinajstić information content (AvgIpc) is 2.89. The molecule has 0 atom stereocenters. The Hall–Kier alpha value is -3.70. The lowest BCUT2D eigenvalue weighted by Crippen LogP contribution is -2.25. The molecule has 0 spiro atoms. The Balaban J connectivity index is 1.65. The van der Waals surface area contributed by atoms with E-state index in [1.165, 1.54) is 23.4 Å². The van der Waals surface area contributed by atoms with E-state index in [0.717, 1.165) is 16.9 Å². The number of benzene rings is 4. The number of nitrogens with one attached hydrogen (secondary N) is 1. The van der Waals surface area contributed by atoms with Crippen LogP contribution in [0.15, 0.2) is 113 Å². The molecule has 34 heavy (non-hydrogen) atoms. The standard InChI is InChI=1S/C29H25FN2OS/c1-34-27-17-16-23(29(33)31-19-18-21-10-4-2-5-11-21)20-26(27)32-28(22-12-6-3-7-13-22)24-14-8-9-15-25(24)30/h2-17,20H,18-19H2,1H3,(H,31,33). The van der Waals surface area contributed by atoms with Gasteiger partial charge in [0.15, 0.2) is 0 Å². The molecular formula is C29H25FN2OS. The fourth-order valence-corrected chi connectivity index (χ4v) is 4.15. The zero-order chi connectivity index (χ0) is 23.8. The maximum Gasteiger partial charge on any atom is 0.251 e. The number of aliphatic imine (C=N–C) groups is 1. The monoisotopic (exact) mass is 468 g/mol. The summed E-state index contributed by atoms with van der Waals surface area (Å²) in [5, 5.41) is 2.98. The van der Waals surface area contributed by atoms with E-state index in [1.807, 2.05) is 73.0 Å². The molecule has 0 aliphatic carbocycles. The number of halogens is 1. The second-order valence-electron chi connectivity index (χ2n) is 7.68. The van der Waals surface area contributed by atoms with Crippen LogP contribution >= 0.6 is 11.8 Å². The second-order valence-corrected chi connectivity index (χ2v) is 8.53. The van der Waals surface area contributed by atoms with Crippen molar-refractivity contribution in [2.24, 2.45) is 4.99 Å². The van der Waals surface area contributed by atoms with Crippen molar-refractivity contribution < 1.29 is 9.18 Å². The zero-order valence-corrected chi connectivity index (χ0v) is 19.7. The van der Waals surface area contributed by atoms with Gasteiger partial charge in [0.1, 0.15) is 5.82 Å². The van der Waals surface area contributed by atoms with Crippen molar-refractivity contribution >= 4 is 29.1 Å². The minimum atomic E-state index is -0.342. The van der Waals surface area contributed by atoms with E-state index in [-0.39, 0.29) is 11.7 Å². The molecule has 3 nitrogen and oxygen atoms in total. The van der Waals surface area contributed by atoms with Crippen LogP contribution in [0.1, 0.15) is 27.0 Å². The molecule has 1 N–H and O–H groups in total. The molecule has 0 unspecified atom stereocenters. The Bertz CT molecular complexity index is 1290. The molecule has 0 bridgehead atoms. The molecule has 0 aromatic heterocycles. The Morgan fingerprint density at radius 3 is 2.24 bits per heavy atom. The molecule has 0 heterocycles. The highest BCUT2D eigenvalue weighted by Crippen LogP contribution is 2.31. The predicted octanol–water partition coefficient (Wildman–Crippen LogP) is 6.69. The molecule has 1 amide bonds. The summed E-state index contributed by atoms with van der Waals surface area (Å²) >= 11 is 1.54. The topological polar surface area (TPSA) is 41.5 Å². The highest BCUT2D eigenvalue weighted by Gasteiger charge is 2.15. The Labute approximate surface area is 203 Å². The van der Waals surface area contributed by atoms with Crippen LogP contribution in [0.25, 0.3) is 0 Å². The van der Waals surface area contributed by atoms with Crippen LogP contribution in [0.5, 0.6) is 0 Å². The van der Waals surface area contributed by atoms with Crippen molar-refractivity contribution in [3.05, 3.63) is 131 Å². The van der Waals surface area contributed by atoms with Gasteiger partial charge in [0.2, 0.25) is 0 Å². The van der Waals surface area contributed by atoms with Gasteiger partial charge in [0.25, 0.3) is 5.91 Å². The summed E-state index contributed by atoms with van der Waals surface area (Å²) in [6, 6.07) is 31.6. The summed E-state index contributed by atoms with van der Waals surface area (Å²) in [6.07, 6.45) is 2.71. The summed E-state index contributed by atoms with van der Waals surface area (Å²) in [5.41, 5.74) is 4.06. The molecule has 4 aromatic rings. The molecule has 0 saturated carbocycles. The first-order chi connectivity index (χ1) is 16.7. The smallest absolute Gasteiger partial charge is 0.251 e. The van der Waals surface area contributed by atoms with Crippen molar-refractivity contribution in [1.82, 2.24) is 5.32 Å². The van der Waals surface area contributed by atoms with E-state index in [4.69, 9.17) is 4.99 Å². The molecule has 0 aliphatic heterocycles. The van der Waals surface area contributed by atoms with Gasteiger partial charge in [-0.05, 0) is 48.6 Å². The van der Waals surface area contributed by atoms with Crippen molar-refractivity contribution in [3.63, 3.8) is 0 Å². The van der Waals surface area contributed by atoms with E-state index in [9.17, 15) is 9.18 Å². The normalized spacial score (nSPS) is 11.3. The van der Waals surface area contributed by atoms with Gasteiger partial charge in [-0.25, -0.2) is 9.38 Å². The number of thioether (sulfide) groups is 1. The van der Waals surface area contributed by atoms with Gasteiger partial charge in [-0.3, -0.25) is 4.79 Å². The van der Waals surface area contributed by atoms with E-state index < -0.39 is 0 Å². The molecule has 0 saturated heterocycles. The van der Waals surface area contributed by atoms with Gasteiger partial charge < -0.3 is 5.32 Å². The van der Waals surface area contributed by atoms with Gasteiger partial charge in [-0.1, -0.05) is 72.8 Å². The zero-order valence-electron chi connectivity index (χ0n) is 18.9. The van der Waals surface area contributed by atoms with Crippen molar-refractivity contribution in [2.75, 3.05) is 12.8 Å². The minimum Gasteiger partial charge on any atom is -0.352 e. The number of hydrogen-bond acceptors (Lipinski definition) is 3. The SMILES string of the molecule is CSc1ccc(C(=O)NCCc2ccccc2)cc1N=C(c1ccccc1)c1ccccc1F. The van der Waals surface area contributed by atoms with E-state index in [0.29, 0.717) is 29.1 Å². The van der Waals surface area contributed by atoms with Crippen LogP contribution < -0.4 is 5.32 Å². The summed E-state index contributed by atoms with van der Waals surface area (Å²) in [7, 11) is 0. The third kappa shape index (κ3) is 5.80. The fraction of sp³-hybridized carbons (Fsp3) is 0.103. The molecule has 4 rings (SSSR count). The highest BCUT2D eigenvalue weighted by atomic mass is 32.2. The van der Waals surface area contributed by atoms with Crippen molar-refractivity contribution in [2.45, 2.75) is 11.3 Å². The number of carbonyl (C=O) groups is 1. The number of carbonyl (C=O) groups excluding carboxylic acids is 1. The third-order valence-corrected chi connectivity index (χ3v) is 6.18. The fourth-order valence-electron chi connectivity index (χ4n) is 3.64. The molecule has 5 heteroatoms. The molecule has 0 fully saturated rings. The van der Waals surface area contributed by atoms with Crippen LogP contribution in [0.2, 0.25) is 0 Å². The minimum absolute atomic E-state index is 0.160. The van der Waals surface area contributed by atoms with E-state index in [1.54, 1.807) is 30.3 Å². The quantitative estimate of drug-likeness (QED) is 0.231. The van der Waals surface area contributed by atoms with Crippen LogP contribution in [-0.4, -0.2) is 24.4 Å². The van der Waals surface area contributed by atoms with Crippen LogP contribution in [0.4, 0.5) is 10.1 Å². The summed E-state index contributed by atoms with van der Waals surface area (Å²) < 4.78 is 14.7. The van der Waals surface area contributed by atoms with Crippen LogP contribution in [-0.2, 0) is 6.42 Å². The van der Waals surface area contributed by atoms with Gasteiger partial charge in [-0.2, -0.15) is 0 Å². The van der Waals surface area contributed by atoms with Crippen molar-refractivity contribution in [1.29, 1.82) is 0 Å². The summed E-state index contributed by atoms with van der Waals surface area (Å²) in [4.78, 5) is 18.6. The number of hydrogen-bond donors (Lipinski definition) is 1. The molecule has 0 radical (unpaired) electrons. The Kier molecular flexibility index (Phi) is 7.89. The molecule has 4 aromatic carbocycles. The predicted molar refractivity (Wildman–Crippen MR) is 139 cm³/mol. The maximum absolute atomic E-state index is 14.7.